The molecule has 2 aliphatic rings. The first-order chi connectivity index (χ1) is 10.2. The van der Waals surface area contributed by atoms with Gasteiger partial charge in [-0.25, -0.2) is 4.98 Å². The van der Waals surface area contributed by atoms with E-state index in [9.17, 15) is 4.79 Å². The smallest absolute Gasteiger partial charge is 0.241 e. The predicted molar refractivity (Wildman–Crippen MR) is 84.5 cm³/mol. The number of carbonyl (C=O) groups excluding carboxylic acids is 1. The minimum absolute atomic E-state index is 0.0530. The number of nitrogens with one attached hydrogen (secondary N) is 2. The van der Waals surface area contributed by atoms with Gasteiger partial charge in [0, 0.05) is 13.1 Å². The Hall–Kier alpha value is -1.62. The van der Waals surface area contributed by atoms with Gasteiger partial charge in [-0.2, -0.15) is 0 Å². The van der Waals surface area contributed by atoms with Crippen molar-refractivity contribution in [1.29, 1.82) is 0 Å². The average molecular weight is 288 g/mol. The van der Waals surface area contributed by atoms with Crippen molar-refractivity contribution in [3.8, 4) is 0 Å². The van der Waals surface area contributed by atoms with Crippen LogP contribution in [0.5, 0.6) is 0 Å². The number of rotatable bonds is 3. The number of anilines is 2. The van der Waals surface area contributed by atoms with Gasteiger partial charge in [0.05, 0.1) is 17.9 Å². The highest BCUT2D eigenvalue weighted by molar-refractivity contribution is 5.94. The number of hydrogen-bond donors (Lipinski definition) is 2. The Bertz CT molecular complexity index is 482. The van der Waals surface area contributed by atoms with Gasteiger partial charge >= 0.3 is 0 Å². The molecule has 3 heterocycles. The highest BCUT2D eigenvalue weighted by Crippen LogP contribution is 2.20. The number of carbonyl (C=O) groups is 1. The Morgan fingerprint density at radius 3 is 2.86 bits per heavy atom. The molecule has 0 spiro atoms. The summed E-state index contributed by atoms with van der Waals surface area (Å²) in [4.78, 5) is 19.0. The van der Waals surface area contributed by atoms with Crippen molar-refractivity contribution in [3.05, 3.63) is 18.3 Å². The molecular weight excluding hydrogens is 264 g/mol. The van der Waals surface area contributed by atoms with Crippen LogP contribution >= 0.6 is 0 Å². The number of pyridine rings is 1. The maximum absolute atomic E-state index is 12.2. The molecule has 0 aliphatic carbocycles. The summed E-state index contributed by atoms with van der Waals surface area (Å²) >= 11 is 0. The third-order valence-corrected chi connectivity index (χ3v) is 4.43. The first-order valence-electron chi connectivity index (χ1n) is 7.97. The van der Waals surface area contributed by atoms with E-state index in [4.69, 9.17) is 0 Å². The van der Waals surface area contributed by atoms with Crippen LogP contribution in [0.4, 0.5) is 11.5 Å². The van der Waals surface area contributed by atoms with Crippen LogP contribution < -0.4 is 15.5 Å². The van der Waals surface area contributed by atoms with Crippen molar-refractivity contribution in [1.82, 2.24) is 10.3 Å². The molecular formula is C16H24N4O. The number of aromatic nitrogens is 1. The molecule has 2 N–H and O–H groups in total. The molecule has 0 bridgehead atoms. The summed E-state index contributed by atoms with van der Waals surface area (Å²) < 4.78 is 0. The van der Waals surface area contributed by atoms with Gasteiger partial charge in [0.1, 0.15) is 5.82 Å². The molecule has 2 atom stereocenters. The molecule has 2 aliphatic heterocycles. The maximum Gasteiger partial charge on any atom is 0.241 e. The molecule has 1 amide bonds. The lowest BCUT2D eigenvalue weighted by atomic mass is 9.94. The molecule has 5 heteroatoms. The zero-order valence-corrected chi connectivity index (χ0v) is 12.6. The summed E-state index contributed by atoms with van der Waals surface area (Å²) in [5.41, 5.74) is 0.781. The van der Waals surface area contributed by atoms with Gasteiger partial charge in [0.15, 0.2) is 0 Å². The molecule has 0 radical (unpaired) electrons. The van der Waals surface area contributed by atoms with Crippen molar-refractivity contribution in [3.63, 3.8) is 0 Å². The second-order valence-corrected chi connectivity index (χ2v) is 6.22. The lowest BCUT2D eigenvalue weighted by Gasteiger charge is -2.27. The predicted octanol–water partition coefficient (Wildman–Crippen LogP) is 2.01. The highest BCUT2D eigenvalue weighted by Gasteiger charge is 2.24. The van der Waals surface area contributed by atoms with E-state index in [1.165, 1.54) is 12.8 Å². The van der Waals surface area contributed by atoms with Gasteiger partial charge in [-0.05, 0) is 50.3 Å². The first-order valence-corrected chi connectivity index (χ1v) is 7.97. The van der Waals surface area contributed by atoms with Crippen LogP contribution in [0.2, 0.25) is 0 Å². The van der Waals surface area contributed by atoms with Crippen molar-refractivity contribution in [2.45, 2.75) is 38.6 Å². The summed E-state index contributed by atoms with van der Waals surface area (Å²) in [6.45, 7) is 5.30. The zero-order valence-electron chi connectivity index (χ0n) is 12.6. The van der Waals surface area contributed by atoms with Crippen LogP contribution in [0.3, 0.4) is 0 Å². The SMILES string of the molecule is CC1CCNC(C(=O)Nc2ccc(N3CCCC3)nc2)C1. The number of nitrogens with zero attached hydrogens (tertiary/aromatic N) is 2. The van der Waals surface area contributed by atoms with Gasteiger partial charge in [-0.1, -0.05) is 6.92 Å². The van der Waals surface area contributed by atoms with Crippen molar-refractivity contribution >= 4 is 17.4 Å². The van der Waals surface area contributed by atoms with E-state index in [0.29, 0.717) is 5.92 Å². The minimum atomic E-state index is -0.0768. The second kappa shape index (κ2) is 6.43. The molecule has 1 aromatic rings. The van der Waals surface area contributed by atoms with E-state index >= 15 is 0 Å². The first kappa shape index (κ1) is 14.3. The fraction of sp³-hybridized carbons (Fsp3) is 0.625. The van der Waals surface area contributed by atoms with E-state index in [1.807, 2.05) is 12.1 Å². The lowest BCUT2D eigenvalue weighted by molar-refractivity contribution is -0.119. The number of amides is 1. The zero-order chi connectivity index (χ0) is 14.7. The molecule has 2 fully saturated rings. The van der Waals surface area contributed by atoms with E-state index < -0.39 is 0 Å². The van der Waals surface area contributed by atoms with Crippen LogP contribution in [0.1, 0.15) is 32.6 Å². The largest absolute Gasteiger partial charge is 0.357 e. The van der Waals surface area contributed by atoms with Crippen LogP contribution in [-0.2, 0) is 4.79 Å². The van der Waals surface area contributed by atoms with E-state index in [0.717, 1.165) is 44.0 Å². The Morgan fingerprint density at radius 1 is 1.38 bits per heavy atom. The normalized spacial score (nSPS) is 25.9. The molecule has 21 heavy (non-hydrogen) atoms. The Labute approximate surface area is 126 Å². The third-order valence-electron chi connectivity index (χ3n) is 4.43. The highest BCUT2D eigenvalue weighted by atomic mass is 16.2. The van der Waals surface area contributed by atoms with Crippen LogP contribution in [-0.4, -0.2) is 36.6 Å². The summed E-state index contributed by atoms with van der Waals surface area (Å²) in [5.74, 6) is 1.67. The minimum Gasteiger partial charge on any atom is -0.357 e. The Morgan fingerprint density at radius 2 is 2.19 bits per heavy atom. The number of hydrogen-bond acceptors (Lipinski definition) is 4. The van der Waals surface area contributed by atoms with E-state index in [2.05, 4.69) is 27.4 Å². The maximum atomic E-state index is 12.2. The van der Waals surface area contributed by atoms with Crippen molar-refractivity contribution < 1.29 is 4.79 Å². The van der Waals surface area contributed by atoms with Crippen LogP contribution in [0, 0.1) is 5.92 Å². The molecule has 3 rings (SSSR count). The van der Waals surface area contributed by atoms with Gasteiger partial charge < -0.3 is 15.5 Å². The fourth-order valence-corrected chi connectivity index (χ4v) is 3.13. The van der Waals surface area contributed by atoms with Crippen LogP contribution in [0.25, 0.3) is 0 Å². The summed E-state index contributed by atoms with van der Waals surface area (Å²) in [6, 6.07) is 3.87. The molecule has 0 aromatic carbocycles. The fourth-order valence-electron chi connectivity index (χ4n) is 3.13. The van der Waals surface area contributed by atoms with Gasteiger partial charge in [0.2, 0.25) is 5.91 Å². The van der Waals surface area contributed by atoms with Crippen molar-refractivity contribution in [2.24, 2.45) is 5.92 Å². The molecule has 1 aromatic heterocycles. The molecule has 5 nitrogen and oxygen atoms in total. The number of piperidine rings is 1. The lowest BCUT2D eigenvalue weighted by Crippen LogP contribution is -2.45. The second-order valence-electron chi connectivity index (χ2n) is 6.22. The van der Waals surface area contributed by atoms with E-state index in [-0.39, 0.29) is 11.9 Å². The average Bonchev–Trinajstić information content (AvgIpc) is 3.02. The van der Waals surface area contributed by atoms with Crippen molar-refractivity contribution in [2.75, 3.05) is 29.9 Å². The molecule has 114 valence electrons. The quantitative estimate of drug-likeness (QED) is 0.893. The van der Waals surface area contributed by atoms with E-state index in [1.54, 1.807) is 6.20 Å². The van der Waals surface area contributed by atoms with Gasteiger partial charge in [-0.15, -0.1) is 0 Å². The van der Waals surface area contributed by atoms with Gasteiger partial charge in [-0.3, -0.25) is 4.79 Å². The Kier molecular flexibility index (Phi) is 4.39. The molecule has 0 saturated carbocycles. The summed E-state index contributed by atoms with van der Waals surface area (Å²) in [6.07, 6.45) is 6.30. The Balaban J connectivity index is 1.58. The molecule has 2 unspecified atom stereocenters. The topological polar surface area (TPSA) is 57.3 Å². The monoisotopic (exact) mass is 288 g/mol. The summed E-state index contributed by atoms with van der Waals surface area (Å²) in [5, 5.41) is 6.25. The summed E-state index contributed by atoms with van der Waals surface area (Å²) in [7, 11) is 0. The standard InChI is InChI=1S/C16H24N4O/c1-12-6-7-17-14(10-12)16(21)19-13-4-5-15(18-11-13)20-8-2-3-9-20/h4-5,11-12,14,17H,2-3,6-10H2,1H3,(H,19,21). The van der Waals surface area contributed by atoms with Gasteiger partial charge in [0.25, 0.3) is 0 Å². The van der Waals surface area contributed by atoms with Crippen LogP contribution in [0.15, 0.2) is 18.3 Å². The molecule has 2 saturated heterocycles. The third kappa shape index (κ3) is 3.53.